The summed E-state index contributed by atoms with van der Waals surface area (Å²) in [6.07, 6.45) is 16.4. The summed E-state index contributed by atoms with van der Waals surface area (Å²) in [5.74, 6) is -0.884. The van der Waals surface area contributed by atoms with Crippen molar-refractivity contribution in [3.05, 3.63) is 108 Å². The standard InChI is InChI=1S/C63H98N2O18/c1-62(22-27-72-38-43-80-50-47-76-34-31-68-3)55-15-11-13-17-57(55)64(24-29-74-40-45-82-52-49-78-36-33-70-5)59(62)19-9-7-6-8-10-20-60-63(2,23-28-73-39-44-81-51-48-77-35-32-69-4)56-16-12-14-18-58(56)65(60)25-30-75-41-46-83-54-53-79-42-37-71-26-21-61(66)67/h6-20H,21-54H2,1-5H3/p+1. The number of aliphatic carboxylic acids is 1. The Bertz CT molecular complexity index is 2160. The zero-order valence-electron chi connectivity index (χ0n) is 50.5. The van der Waals surface area contributed by atoms with Gasteiger partial charge in [0.05, 0.1) is 184 Å². The Morgan fingerprint density at radius 1 is 0.446 bits per heavy atom. The summed E-state index contributed by atoms with van der Waals surface area (Å²) in [4.78, 5) is 13.0. The van der Waals surface area contributed by atoms with Crippen LogP contribution in [0.2, 0.25) is 0 Å². The van der Waals surface area contributed by atoms with Crippen LogP contribution >= 0.6 is 0 Å². The topological polar surface area (TPSA) is 191 Å². The molecule has 0 saturated carbocycles. The Labute approximate surface area is 494 Å². The minimum Gasteiger partial charge on any atom is -0.481 e. The predicted molar refractivity (Wildman–Crippen MR) is 318 cm³/mol. The number of benzene rings is 2. The highest BCUT2D eigenvalue weighted by Crippen LogP contribution is 2.50. The second kappa shape index (κ2) is 46.0. The van der Waals surface area contributed by atoms with Gasteiger partial charge in [-0.1, -0.05) is 66.8 Å². The Morgan fingerprint density at radius 3 is 1.33 bits per heavy atom. The molecule has 0 amide bonds. The van der Waals surface area contributed by atoms with Gasteiger partial charge in [0.1, 0.15) is 6.61 Å². The van der Waals surface area contributed by atoms with Crippen molar-refractivity contribution < 1.29 is 90.3 Å². The van der Waals surface area contributed by atoms with Crippen LogP contribution in [0.3, 0.4) is 0 Å². The highest BCUT2D eigenvalue weighted by Gasteiger charge is 2.47. The molecule has 0 bridgehead atoms. The molecule has 20 heteroatoms. The second-order valence-electron chi connectivity index (χ2n) is 19.7. The number of carboxylic acid groups (broad SMARTS) is 1. The summed E-state index contributed by atoms with van der Waals surface area (Å²) in [6.45, 7) is 19.9. The minimum atomic E-state index is -0.884. The van der Waals surface area contributed by atoms with Crippen molar-refractivity contribution in [3.63, 3.8) is 0 Å². The van der Waals surface area contributed by atoms with Crippen LogP contribution in [0.5, 0.6) is 0 Å². The van der Waals surface area contributed by atoms with Crippen molar-refractivity contribution in [2.75, 3.05) is 231 Å². The number of hydrogen-bond acceptors (Lipinski definition) is 18. The van der Waals surface area contributed by atoms with Gasteiger partial charge in [0.25, 0.3) is 0 Å². The molecule has 83 heavy (non-hydrogen) atoms. The fourth-order valence-corrected chi connectivity index (χ4v) is 9.36. The molecular formula is C63H99N2O18+. The molecule has 0 aliphatic carbocycles. The summed E-state index contributed by atoms with van der Waals surface area (Å²) in [5.41, 5.74) is 6.44. The maximum Gasteiger partial charge on any atom is 0.305 e. The second-order valence-corrected chi connectivity index (χ2v) is 19.7. The van der Waals surface area contributed by atoms with Gasteiger partial charge in [-0.05, 0) is 44.4 Å². The number of para-hydroxylation sites is 2. The first-order valence-electron chi connectivity index (χ1n) is 29.3. The number of hydrogen-bond donors (Lipinski definition) is 1. The zero-order valence-corrected chi connectivity index (χ0v) is 50.5. The van der Waals surface area contributed by atoms with Crippen LogP contribution in [0.1, 0.15) is 44.2 Å². The summed E-state index contributed by atoms with van der Waals surface area (Å²) in [5, 5.41) is 8.74. The van der Waals surface area contributed by atoms with Crippen molar-refractivity contribution in [2.24, 2.45) is 0 Å². The molecule has 0 spiro atoms. The Morgan fingerprint density at radius 2 is 0.831 bits per heavy atom. The molecule has 2 heterocycles. The van der Waals surface area contributed by atoms with Gasteiger partial charge in [-0.15, -0.1) is 0 Å². The number of ether oxygens (including phenoxy) is 16. The molecule has 0 saturated heterocycles. The van der Waals surface area contributed by atoms with Crippen LogP contribution in [0.4, 0.5) is 11.4 Å². The van der Waals surface area contributed by atoms with Gasteiger partial charge < -0.3 is 85.8 Å². The third-order valence-corrected chi connectivity index (χ3v) is 13.8. The fourth-order valence-electron chi connectivity index (χ4n) is 9.36. The average molecular weight is 1170 g/mol. The Hall–Kier alpha value is -4.30. The number of carbonyl (C=O) groups is 1. The van der Waals surface area contributed by atoms with E-state index in [4.69, 9.17) is 80.9 Å². The van der Waals surface area contributed by atoms with E-state index < -0.39 is 5.97 Å². The van der Waals surface area contributed by atoms with Gasteiger partial charge in [0, 0.05) is 75.6 Å². The van der Waals surface area contributed by atoms with Gasteiger partial charge in [0.15, 0.2) is 12.3 Å². The number of rotatable bonds is 55. The quantitative estimate of drug-likeness (QED) is 0.0414. The third-order valence-electron chi connectivity index (χ3n) is 13.8. The molecule has 0 aromatic heterocycles. The molecule has 2 aromatic carbocycles. The van der Waals surface area contributed by atoms with Gasteiger partial charge >= 0.3 is 5.97 Å². The van der Waals surface area contributed by atoms with E-state index in [0.29, 0.717) is 198 Å². The van der Waals surface area contributed by atoms with Crippen molar-refractivity contribution in [1.82, 2.24) is 0 Å². The lowest BCUT2D eigenvalue weighted by atomic mass is 9.76. The van der Waals surface area contributed by atoms with E-state index in [1.165, 1.54) is 16.8 Å². The minimum absolute atomic E-state index is 0.0247. The predicted octanol–water partition coefficient (Wildman–Crippen LogP) is 6.78. The van der Waals surface area contributed by atoms with Crippen molar-refractivity contribution in [2.45, 2.75) is 43.9 Å². The number of nitrogens with zero attached hydrogens (tertiary/aromatic N) is 2. The largest absolute Gasteiger partial charge is 0.481 e. The SMILES string of the molecule is COCCOCCOCCOCC[N+]1=C(C=CC=CC=CC=C2N(CCOCCOCCOCCOCCC(=O)O)c3ccccc3C2(C)CCOCCOCCOCCOC)C(C)(CCOCCOCCOCCOC)c2ccccc21. The summed E-state index contributed by atoms with van der Waals surface area (Å²) in [7, 11) is 4.97. The van der Waals surface area contributed by atoms with Gasteiger partial charge in [0.2, 0.25) is 5.69 Å². The van der Waals surface area contributed by atoms with Gasteiger partial charge in [-0.2, -0.15) is 4.58 Å². The molecule has 1 N–H and O–H groups in total. The smallest absolute Gasteiger partial charge is 0.305 e. The lowest BCUT2D eigenvalue weighted by Gasteiger charge is -2.30. The van der Waals surface area contributed by atoms with Crippen LogP contribution < -0.4 is 4.90 Å². The Kier molecular flexibility index (Phi) is 39.4. The number of carboxylic acids is 1. The van der Waals surface area contributed by atoms with Crippen LogP contribution in [0.25, 0.3) is 0 Å². The average Bonchev–Trinajstić information content (AvgIpc) is 2.00. The highest BCUT2D eigenvalue weighted by atomic mass is 16.6. The van der Waals surface area contributed by atoms with Crippen molar-refractivity contribution in [3.8, 4) is 0 Å². The molecule has 20 nitrogen and oxygen atoms in total. The molecule has 4 rings (SSSR count). The van der Waals surface area contributed by atoms with E-state index in [1.54, 1.807) is 21.3 Å². The normalized spacial score (nSPS) is 17.5. The van der Waals surface area contributed by atoms with Crippen LogP contribution in [-0.2, 0) is 91.4 Å². The molecule has 2 atom stereocenters. The van der Waals surface area contributed by atoms with Crippen LogP contribution in [0, 0.1) is 0 Å². The first-order valence-corrected chi connectivity index (χ1v) is 29.3. The van der Waals surface area contributed by atoms with E-state index in [-0.39, 0.29) is 23.9 Å². The van der Waals surface area contributed by atoms with Gasteiger partial charge in [-0.25, -0.2) is 0 Å². The summed E-state index contributed by atoms with van der Waals surface area (Å²) in [6, 6.07) is 17.2. The van der Waals surface area contributed by atoms with E-state index in [9.17, 15) is 4.79 Å². The van der Waals surface area contributed by atoms with E-state index in [1.807, 2.05) is 0 Å². The first kappa shape index (κ1) is 71.2. The van der Waals surface area contributed by atoms with Crippen molar-refractivity contribution in [1.29, 1.82) is 0 Å². The summed E-state index contributed by atoms with van der Waals surface area (Å²) >= 11 is 0. The molecule has 2 aliphatic heterocycles. The monoisotopic (exact) mass is 1170 g/mol. The fraction of sp³-hybridized carbons (Fsp3) is 0.651. The lowest BCUT2D eigenvalue weighted by Crippen LogP contribution is -2.33. The van der Waals surface area contributed by atoms with E-state index in [2.05, 4.69) is 114 Å². The lowest BCUT2D eigenvalue weighted by molar-refractivity contribution is -0.442. The molecule has 2 aliphatic rings. The highest BCUT2D eigenvalue weighted by molar-refractivity contribution is 6.03. The summed E-state index contributed by atoms with van der Waals surface area (Å²) < 4.78 is 92.4. The third kappa shape index (κ3) is 28.2. The first-order chi connectivity index (χ1) is 40.8. The molecule has 2 aromatic rings. The van der Waals surface area contributed by atoms with Gasteiger partial charge in [-0.3, -0.25) is 4.79 Å². The molecule has 0 fully saturated rings. The maximum atomic E-state index is 10.6. The van der Waals surface area contributed by atoms with Crippen molar-refractivity contribution >= 4 is 23.1 Å². The Balaban J connectivity index is 1.44. The van der Waals surface area contributed by atoms with E-state index >= 15 is 0 Å². The zero-order chi connectivity index (χ0) is 59.2. The van der Waals surface area contributed by atoms with Crippen LogP contribution in [-0.4, -0.2) is 247 Å². The van der Waals surface area contributed by atoms with E-state index in [0.717, 1.165) is 29.9 Å². The number of methoxy groups -OCH3 is 3. The molecule has 2 unspecified atom stereocenters. The maximum absolute atomic E-state index is 10.6. The number of anilines is 1. The number of fused-ring (bicyclic) bond motifs is 2. The molecule has 0 radical (unpaired) electrons. The molecular weight excluding hydrogens is 1070 g/mol. The van der Waals surface area contributed by atoms with Crippen LogP contribution in [0.15, 0.2) is 96.8 Å². The number of allylic oxidation sites excluding steroid dienone is 8. The molecule has 468 valence electrons.